The molecule has 0 aliphatic carbocycles. The first-order chi connectivity index (χ1) is 15.8. The number of benzene rings is 2. The molecule has 0 saturated carbocycles. The standard InChI is InChI=1S/C25H22N6O/c32-25(28-17-19-10-11-23(27-16-19)30-15-14-26-18-30)13-12-24-29-21-8-4-5-9-22(21)31(24)20-6-2-1-3-7-20/h1-11,14-16,18H,12-13,17H2,(H,28,32). The Balaban J connectivity index is 1.24. The number of hydrogen-bond acceptors (Lipinski definition) is 4. The number of imidazole rings is 2. The molecule has 5 aromatic rings. The molecule has 0 atom stereocenters. The maximum Gasteiger partial charge on any atom is 0.220 e. The summed E-state index contributed by atoms with van der Waals surface area (Å²) < 4.78 is 3.96. The van der Waals surface area contributed by atoms with E-state index in [-0.39, 0.29) is 5.91 Å². The zero-order valence-corrected chi connectivity index (χ0v) is 17.4. The number of pyridine rings is 1. The first-order valence-corrected chi connectivity index (χ1v) is 10.5. The maximum atomic E-state index is 12.5. The third-order valence-electron chi connectivity index (χ3n) is 5.29. The van der Waals surface area contributed by atoms with Crippen molar-refractivity contribution in [3.63, 3.8) is 0 Å². The minimum atomic E-state index is -0.0182. The van der Waals surface area contributed by atoms with Crippen LogP contribution in [0, 0.1) is 0 Å². The van der Waals surface area contributed by atoms with Crippen LogP contribution in [0.3, 0.4) is 0 Å². The van der Waals surface area contributed by atoms with Crippen LogP contribution in [0.1, 0.15) is 17.8 Å². The van der Waals surface area contributed by atoms with Gasteiger partial charge in [0.1, 0.15) is 18.0 Å². The van der Waals surface area contributed by atoms with Gasteiger partial charge in [-0.05, 0) is 35.9 Å². The van der Waals surface area contributed by atoms with Crippen molar-refractivity contribution in [3.05, 3.63) is 103 Å². The lowest BCUT2D eigenvalue weighted by atomic mass is 10.2. The summed E-state index contributed by atoms with van der Waals surface area (Å²) in [5.74, 6) is 1.65. The van der Waals surface area contributed by atoms with E-state index in [4.69, 9.17) is 4.98 Å². The van der Waals surface area contributed by atoms with Crippen molar-refractivity contribution < 1.29 is 4.79 Å². The summed E-state index contributed by atoms with van der Waals surface area (Å²) in [5.41, 5.74) is 3.95. The Bertz CT molecular complexity index is 1320. The topological polar surface area (TPSA) is 77.6 Å². The summed E-state index contributed by atoms with van der Waals surface area (Å²) in [6.45, 7) is 0.436. The highest BCUT2D eigenvalue weighted by Crippen LogP contribution is 2.22. The van der Waals surface area contributed by atoms with Crippen LogP contribution in [0.2, 0.25) is 0 Å². The van der Waals surface area contributed by atoms with Crippen LogP contribution in [0.4, 0.5) is 0 Å². The minimum Gasteiger partial charge on any atom is -0.352 e. The van der Waals surface area contributed by atoms with E-state index < -0.39 is 0 Å². The lowest BCUT2D eigenvalue weighted by molar-refractivity contribution is -0.121. The molecule has 2 aromatic carbocycles. The number of amides is 1. The van der Waals surface area contributed by atoms with E-state index in [1.165, 1.54) is 0 Å². The van der Waals surface area contributed by atoms with E-state index in [2.05, 4.69) is 38.1 Å². The average Bonchev–Trinajstić information content (AvgIpc) is 3.50. The van der Waals surface area contributed by atoms with Crippen LogP contribution in [-0.4, -0.2) is 30.0 Å². The predicted octanol–water partition coefficient (Wildman–Crippen LogP) is 3.86. The molecule has 1 amide bonds. The highest BCUT2D eigenvalue weighted by atomic mass is 16.1. The second-order valence-corrected chi connectivity index (χ2v) is 7.46. The van der Waals surface area contributed by atoms with Crippen LogP contribution >= 0.6 is 0 Å². The molecule has 7 nitrogen and oxygen atoms in total. The summed E-state index contributed by atoms with van der Waals surface area (Å²) in [7, 11) is 0. The molecule has 0 bridgehead atoms. The van der Waals surface area contributed by atoms with Gasteiger partial charge in [-0.15, -0.1) is 0 Å². The number of para-hydroxylation sites is 3. The number of carbonyl (C=O) groups excluding carboxylic acids is 1. The number of nitrogens with one attached hydrogen (secondary N) is 1. The van der Waals surface area contributed by atoms with Gasteiger partial charge in [-0.25, -0.2) is 15.0 Å². The van der Waals surface area contributed by atoms with Gasteiger partial charge in [0, 0.05) is 43.7 Å². The normalized spacial score (nSPS) is 11.0. The highest BCUT2D eigenvalue weighted by molar-refractivity contribution is 5.79. The fourth-order valence-corrected chi connectivity index (χ4v) is 3.69. The van der Waals surface area contributed by atoms with E-state index in [1.54, 1.807) is 18.7 Å². The van der Waals surface area contributed by atoms with Gasteiger partial charge in [-0.2, -0.15) is 0 Å². The second-order valence-electron chi connectivity index (χ2n) is 7.46. The van der Waals surface area contributed by atoms with Gasteiger partial charge >= 0.3 is 0 Å². The molecule has 0 unspecified atom stereocenters. The number of aryl methyl sites for hydroxylation is 1. The van der Waals surface area contributed by atoms with Crippen molar-refractivity contribution in [3.8, 4) is 11.5 Å². The average molecular weight is 422 g/mol. The summed E-state index contributed by atoms with van der Waals surface area (Å²) in [5, 5.41) is 2.98. The van der Waals surface area contributed by atoms with Crippen molar-refractivity contribution in [2.24, 2.45) is 0 Å². The minimum absolute atomic E-state index is 0.0182. The van der Waals surface area contributed by atoms with Gasteiger partial charge in [-0.3, -0.25) is 13.9 Å². The smallest absolute Gasteiger partial charge is 0.220 e. The lowest BCUT2D eigenvalue weighted by Crippen LogP contribution is -2.23. The van der Waals surface area contributed by atoms with E-state index in [0.717, 1.165) is 33.9 Å². The summed E-state index contributed by atoms with van der Waals surface area (Å²) in [6, 6.07) is 22.0. The summed E-state index contributed by atoms with van der Waals surface area (Å²) >= 11 is 0. The number of carbonyl (C=O) groups is 1. The van der Waals surface area contributed by atoms with Gasteiger partial charge in [0.05, 0.1) is 11.0 Å². The third kappa shape index (κ3) is 4.13. The van der Waals surface area contributed by atoms with Crippen molar-refractivity contribution in [2.75, 3.05) is 0 Å². The van der Waals surface area contributed by atoms with Crippen LogP contribution in [0.15, 0.2) is 91.6 Å². The number of fused-ring (bicyclic) bond motifs is 1. The number of hydrogen-bond donors (Lipinski definition) is 1. The van der Waals surface area contributed by atoms with Crippen LogP contribution in [0.25, 0.3) is 22.5 Å². The summed E-state index contributed by atoms with van der Waals surface area (Å²) in [6.07, 6.45) is 7.93. The van der Waals surface area contributed by atoms with Gasteiger partial charge < -0.3 is 5.32 Å². The number of rotatable bonds is 7. The van der Waals surface area contributed by atoms with Gasteiger partial charge in [0.25, 0.3) is 0 Å². The molecule has 1 N–H and O–H groups in total. The molecule has 3 heterocycles. The van der Waals surface area contributed by atoms with E-state index in [0.29, 0.717) is 19.4 Å². The van der Waals surface area contributed by atoms with E-state index in [9.17, 15) is 4.79 Å². The quantitative estimate of drug-likeness (QED) is 0.432. The zero-order valence-electron chi connectivity index (χ0n) is 17.4. The first-order valence-electron chi connectivity index (χ1n) is 10.5. The molecule has 0 fully saturated rings. The molecule has 0 saturated heterocycles. The molecular weight excluding hydrogens is 400 g/mol. The third-order valence-corrected chi connectivity index (χ3v) is 5.29. The Morgan fingerprint density at radius 1 is 0.969 bits per heavy atom. The van der Waals surface area contributed by atoms with Crippen molar-refractivity contribution in [1.82, 2.24) is 29.4 Å². The molecule has 0 aliphatic heterocycles. The Kier molecular flexibility index (Phi) is 5.45. The first kappa shape index (κ1) is 19.7. The largest absolute Gasteiger partial charge is 0.352 e. The Labute approximate surface area is 185 Å². The van der Waals surface area contributed by atoms with E-state index in [1.807, 2.05) is 59.3 Å². The van der Waals surface area contributed by atoms with Crippen molar-refractivity contribution >= 4 is 16.9 Å². The molecule has 32 heavy (non-hydrogen) atoms. The molecule has 3 aromatic heterocycles. The van der Waals surface area contributed by atoms with Gasteiger partial charge in [0.2, 0.25) is 5.91 Å². The highest BCUT2D eigenvalue weighted by Gasteiger charge is 2.13. The van der Waals surface area contributed by atoms with E-state index >= 15 is 0 Å². The lowest BCUT2D eigenvalue weighted by Gasteiger charge is -2.10. The zero-order chi connectivity index (χ0) is 21.8. The van der Waals surface area contributed by atoms with Crippen molar-refractivity contribution in [1.29, 1.82) is 0 Å². The number of nitrogens with zero attached hydrogens (tertiary/aromatic N) is 5. The maximum absolute atomic E-state index is 12.5. The van der Waals surface area contributed by atoms with Crippen LogP contribution < -0.4 is 5.32 Å². The predicted molar refractivity (Wildman–Crippen MR) is 123 cm³/mol. The molecular formula is C25H22N6O. The van der Waals surface area contributed by atoms with Gasteiger partial charge in [-0.1, -0.05) is 36.4 Å². The van der Waals surface area contributed by atoms with Crippen molar-refractivity contribution in [2.45, 2.75) is 19.4 Å². The second kappa shape index (κ2) is 8.85. The molecule has 0 aliphatic rings. The molecule has 0 radical (unpaired) electrons. The van der Waals surface area contributed by atoms with Crippen LogP contribution in [-0.2, 0) is 17.8 Å². The van der Waals surface area contributed by atoms with Gasteiger partial charge in [0.15, 0.2) is 0 Å². The SMILES string of the molecule is O=C(CCc1nc2ccccc2n1-c1ccccc1)NCc1ccc(-n2ccnc2)nc1. The Morgan fingerprint density at radius 3 is 2.59 bits per heavy atom. The molecule has 5 rings (SSSR count). The monoisotopic (exact) mass is 422 g/mol. The fraction of sp³-hybridized carbons (Fsp3) is 0.120. The molecule has 0 spiro atoms. The Hall–Kier alpha value is -4.26. The molecule has 158 valence electrons. The summed E-state index contributed by atoms with van der Waals surface area (Å²) in [4.78, 5) is 25.7. The Morgan fingerprint density at radius 2 is 1.81 bits per heavy atom. The number of aromatic nitrogens is 5. The van der Waals surface area contributed by atoms with Crippen LogP contribution in [0.5, 0.6) is 0 Å². The molecule has 7 heteroatoms. The fourth-order valence-electron chi connectivity index (χ4n) is 3.69.